The molecule has 0 amide bonds. The van der Waals surface area contributed by atoms with E-state index in [2.05, 4.69) is 15.9 Å². The molecule has 1 saturated carbocycles. The van der Waals surface area contributed by atoms with Gasteiger partial charge in [0, 0.05) is 5.56 Å². The number of rotatable bonds is 3. The molecule has 1 fully saturated rings. The maximum Gasteiger partial charge on any atom is 0.314 e. The van der Waals surface area contributed by atoms with E-state index in [4.69, 9.17) is 4.74 Å². The van der Waals surface area contributed by atoms with Crippen LogP contribution >= 0.6 is 15.9 Å². The minimum Gasteiger partial charge on any atom is -0.506 e. The van der Waals surface area contributed by atoms with Crippen LogP contribution in [0, 0.1) is 0 Å². The number of carboxylic acids is 1. The molecular weight excluding hydrogens is 312 g/mol. The maximum atomic E-state index is 11.8. The van der Waals surface area contributed by atoms with Crippen molar-refractivity contribution in [3.05, 3.63) is 22.2 Å². The summed E-state index contributed by atoms with van der Waals surface area (Å²) in [5.74, 6) is -0.321. The lowest BCUT2D eigenvalue weighted by atomic mass is 9.69. The van der Waals surface area contributed by atoms with Crippen LogP contribution in [0.15, 0.2) is 16.6 Å². The smallest absolute Gasteiger partial charge is 0.314 e. The molecular formula is C14H17BrO4. The van der Waals surface area contributed by atoms with Gasteiger partial charge in [0.15, 0.2) is 0 Å². The Labute approximate surface area is 120 Å². The van der Waals surface area contributed by atoms with Gasteiger partial charge in [0.05, 0.1) is 17.0 Å². The number of methoxy groups -OCH3 is 1. The second-order valence-electron chi connectivity index (χ2n) is 4.95. The second-order valence-corrected chi connectivity index (χ2v) is 5.81. The summed E-state index contributed by atoms with van der Waals surface area (Å²) in [6, 6.07) is 3.27. The van der Waals surface area contributed by atoms with Crippen molar-refractivity contribution in [3.63, 3.8) is 0 Å². The first-order valence-corrected chi connectivity index (χ1v) is 7.11. The quantitative estimate of drug-likeness (QED) is 0.891. The van der Waals surface area contributed by atoms with E-state index >= 15 is 0 Å². The summed E-state index contributed by atoms with van der Waals surface area (Å²) in [7, 11) is 1.52. The Morgan fingerprint density at radius 3 is 2.47 bits per heavy atom. The van der Waals surface area contributed by atoms with Gasteiger partial charge in [-0.05, 0) is 40.9 Å². The molecule has 0 radical (unpaired) electrons. The standard InChI is InChI=1S/C14H17BrO4/c1-19-9-7-10(12(16)11(15)8-9)14(13(17)18)5-3-2-4-6-14/h7-8,16H,2-6H2,1H3,(H,17,18). The van der Waals surface area contributed by atoms with Gasteiger partial charge in [0.2, 0.25) is 0 Å². The van der Waals surface area contributed by atoms with E-state index < -0.39 is 11.4 Å². The number of hydrogen-bond donors (Lipinski definition) is 2. The number of benzene rings is 1. The Morgan fingerprint density at radius 2 is 1.95 bits per heavy atom. The fraction of sp³-hybridized carbons (Fsp3) is 0.500. The van der Waals surface area contributed by atoms with Crippen molar-refractivity contribution < 1.29 is 19.7 Å². The van der Waals surface area contributed by atoms with Gasteiger partial charge in [-0.2, -0.15) is 0 Å². The van der Waals surface area contributed by atoms with Crippen molar-refractivity contribution >= 4 is 21.9 Å². The fourth-order valence-electron chi connectivity index (χ4n) is 2.81. The Morgan fingerprint density at radius 1 is 1.32 bits per heavy atom. The molecule has 19 heavy (non-hydrogen) atoms. The molecule has 0 aromatic heterocycles. The van der Waals surface area contributed by atoms with Crippen molar-refractivity contribution in [2.45, 2.75) is 37.5 Å². The van der Waals surface area contributed by atoms with Gasteiger partial charge in [-0.3, -0.25) is 4.79 Å². The molecule has 0 spiro atoms. The van der Waals surface area contributed by atoms with Crippen LogP contribution in [-0.2, 0) is 10.2 Å². The van der Waals surface area contributed by atoms with Gasteiger partial charge in [0.1, 0.15) is 11.5 Å². The van der Waals surface area contributed by atoms with Crippen LogP contribution in [0.25, 0.3) is 0 Å². The lowest BCUT2D eigenvalue weighted by Crippen LogP contribution is -2.38. The summed E-state index contributed by atoms with van der Waals surface area (Å²) in [4.78, 5) is 11.8. The topological polar surface area (TPSA) is 66.8 Å². The van der Waals surface area contributed by atoms with Crippen LogP contribution < -0.4 is 4.74 Å². The summed E-state index contributed by atoms with van der Waals surface area (Å²) >= 11 is 3.25. The average molecular weight is 329 g/mol. The normalized spacial score (nSPS) is 18.0. The Balaban J connectivity index is 2.59. The summed E-state index contributed by atoms with van der Waals surface area (Å²) in [5, 5.41) is 19.9. The number of phenolic OH excluding ortho intramolecular Hbond substituents is 1. The number of ether oxygens (including phenoxy) is 1. The minimum atomic E-state index is -1.00. The van der Waals surface area contributed by atoms with Crippen LogP contribution in [0.2, 0.25) is 0 Å². The van der Waals surface area contributed by atoms with Crippen molar-refractivity contribution in [2.24, 2.45) is 0 Å². The highest BCUT2D eigenvalue weighted by molar-refractivity contribution is 9.10. The van der Waals surface area contributed by atoms with Crippen molar-refractivity contribution in [1.82, 2.24) is 0 Å². The highest BCUT2D eigenvalue weighted by Crippen LogP contribution is 2.46. The number of aromatic hydroxyl groups is 1. The van der Waals surface area contributed by atoms with Crippen LogP contribution in [-0.4, -0.2) is 23.3 Å². The van der Waals surface area contributed by atoms with Crippen molar-refractivity contribution in [1.29, 1.82) is 0 Å². The van der Waals surface area contributed by atoms with Gasteiger partial charge in [-0.1, -0.05) is 19.3 Å². The molecule has 0 heterocycles. The molecule has 0 aliphatic heterocycles. The summed E-state index contributed by atoms with van der Waals surface area (Å²) in [6.45, 7) is 0. The zero-order valence-electron chi connectivity index (χ0n) is 10.8. The average Bonchev–Trinajstić information content (AvgIpc) is 2.42. The SMILES string of the molecule is COc1cc(Br)c(O)c(C2(C(=O)O)CCCCC2)c1. The Kier molecular flexibility index (Phi) is 4.04. The molecule has 104 valence electrons. The summed E-state index contributed by atoms with van der Waals surface area (Å²) < 4.78 is 5.64. The molecule has 0 atom stereocenters. The van der Waals surface area contributed by atoms with E-state index in [-0.39, 0.29) is 5.75 Å². The molecule has 2 N–H and O–H groups in total. The third-order valence-electron chi connectivity index (χ3n) is 3.90. The third kappa shape index (κ3) is 2.43. The zero-order chi connectivity index (χ0) is 14.0. The second kappa shape index (κ2) is 5.41. The number of carbonyl (C=O) groups is 1. The van der Waals surface area contributed by atoms with Crippen LogP contribution in [0.3, 0.4) is 0 Å². The molecule has 1 aromatic rings. The third-order valence-corrected chi connectivity index (χ3v) is 4.51. The van der Waals surface area contributed by atoms with E-state index in [1.54, 1.807) is 12.1 Å². The lowest BCUT2D eigenvalue weighted by molar-refractivity contribution is -0.145. The molecule has 1 aromatic carbocycles. The highest BCUT2D eigenvalue weighted by atomic mass is 79.9. The van der Waals surface area contributed by atoms with Gasteiger partial charge < -0.3 is 14.9 Å². The van der Waals surface area contributed by atoms with E-state index in [9.17, 15) is 15.0 Å². The number of hydrogen-bond acceptors (Lipinski definition) is 3. The summed E-state index contributed by atoms with van der Waals surface area (Å²) in [6.07, 6.45) is 3.87. The largest absolute Gasteiger partial charge is 0.506 e. The van der Waals surface area contributed by atoms with Gasteiger partial charge in [-0.15, -0.1) is 0 Å². The highest BCUT2D eigenvalue weighted by Gasteiger charge is 2.43. The number of carboxylic acid groups (broad SMARTS) is 1. The molecule has 0 saturated heterocycles. The Bertz CT molecular complexity index is 492. The molecule has 1 aliphatic rings. The predicted octanol–water partition coefficient (Wildman–Crippen LogP) is 3.45. The first kappa shape index (κ1) is 14.2. The van der Waals surface area contributed by atoms with Crippen LogP contribution in [0.4, 0.5) is 0 Å². The monoisotopic (exact) mass is 328 g/mol. The number of aliphatic carboxylic acids is 1. The van der Waals surface area contributed by atoms with E-state index in [0.717, 1.165) is 19.3 Å². The number of halogens is 1. The molecule has 2 rings (SSSR count). The Hall–Kier alpha value is -1.23. The minimum absolute atomic E-state index is 0.00472. The molecule has 0 unspecified atom stereocenters. The molecule has 0 bridgehead atoms. The van der Waals surface area contributed by atoms with E-state index in [0.29, 0.717) is 28.6 Å². The van der Waals surface area contributed by atoms with Gasteiger partial charge in [0.25, 0.3) is 0 Å². The lowest BCUT2D eigenvalue weighted by Gasteiger charge is -2.34. The fourth-order valence-corrected chi connectivity index (χ4v) is 3.25. The van der Waals surface area contributed by atoms with Gasteiger partial charge in [-0.25, -0.2) is 0 Å². The van der Waals surface area contributed by atoms with Gasteiger partial charge >= 0.3 is 5.97 Å². The van der Waals surface area contributed by atoms with Crippen LogP contribution in [0.1, 0.15) is 37.7 Å². The first-order valence-electron chi connectivity index (χ1n) is 6.31. The van der Waals surface area contributed by atoms with Crippen molar-refractivity contribution in [2.75, 3.05) is 7.11 Å². The molecule has 4 nitrogen and oxygen atoms in total. The first-order chi connectivity index (χ1) is 9.01. The zero-order valence-corrected chi connectivity index (χ0v) is 12.4. The molecule has 1 aliphatic carbocycles. The van der Waals surface area contributed by atoms with Crippen LogP contribution in [0.5, 0.6) is 11.5 Å². The maximum absolute atomic E-state index is 11.8. The van der Waals surface area contributed by atoms with Crippen molar-refractivity contribution in [3.8, 4) is 11.5 Å². The summed E-state index contributed by atoms with van der Waals surface area (Å²) in [5.41, 5.74) is -0.551. The van der Waals surface area contributed by atoms with E-state index in [1.165, 1.54) is 7.11 Å². The molecule has 5 heteroatoms. The van der Waals surface area contributed by atoms with E-state index in [1.807, 2.05) is 0 Å². The predicted molar refractivity (Wildman–Crippen MR) is 74.8 cm³/mol. The number of phenols is 1.